The molecule has 0 radical (unpaired) electrons. The Kier molecular flexibility index (Phi) is 2.43. The van der Waals surface area contributed by atoms with Gasteiger partial charge in [0.25, 0.3) is 0 Å². The van der Waals surface area contributed by atoms with E-state index in [1.54, 1.807) is 6.42 Å². The molecule has 0 aromatic carbocycles. The molecule has 0 spiro atoms. The van der Waals surface area contributed by atoms with Crippen LogP contribution in [0.25, 0.3) is 0 Å². The summed E-state index contributed by atoms with van der Waals surface area (Å²) < 4.78 is 0. The molecule has 12 heavy (non-hydrogen) atoms. The predicted octanol–water partition coefficient (Wildman–Crippen LogP) is 3.86. The fourth-order valence-corrected chi connectivity index (χ4v) is 3.45. The third-order valence-electron chi connectivity index (χ3n) is 4.53. The van der Waals surface area contributed by atoms with E-state index in [1.807, 2.05) is 0 Å². The fourth-order valence-electron chi connectivity index (χ4n) is 3.45. The molecule has 0 bridgehead atoms. The van der Waals surface area contributed by atoms with Crippen molar-refractivity contribution in [3.8, 4) is 0 Å². The minimum atomic E-state index is 1.00. The van der Waals surface area contributed by atoms with Crippen LogP contribution in [-0.4, -0.2) is 0 Å². The third-order valence-corrected chi connectivity index (χ3v) is 4.53. The Labute approximate surface area is 76.7 Å². The second kappa shape index (κ2) is 3.40. The fraction of sp³-hybridized carbons (Fsp3) is 1.00. The highest BCUT2D eigenvalue weighted by atomic mass is 14.4. The molecule has 0 saturated heterocycles. The van der Waals surface area contributed by atoms with Crippen molar-refractivity contribution in [2.45, 2.75) is 52.4 Å². The molecule has 2 aliphatic carbocycles. The van der Waals surface area contributed by atoms with Gasteiger partial charge in [0.2, 0.25) is 0 Å². The summed E-state index contributed by atoms with van der Waals surface area (Å²) in [6.07, 6.45) is 9.15. The molecular weight excluding hydrogens is 144 g/mol. The van der Waals surface area contributed by atoms with Crippen LogP contribution in [0.3, 0.4) is 0 Å². The normalized spacial score (nSPS) is 48.5. The van der Waals surface area contributed by atoms with Crippen molar-refractivity contribution in [3.63, 3.8) is 0 Å². The van der Waals surface area contributed by atoms with Crippen LogP contribution in [0.2, 0.25) is 0 Å². The Morgan fingerprint density at radius 3 is 2.42 bits per heavy atom. The molecule has 0 aliphatic heterocycles. The van der Waals surface area contributed by atoms with Gasteiger partial charge in [-0.25, -0.2) is 0 Å². The molecule has 2 saturated carbocycles. The summed E-state index contributed by atoms with van der Waals surface area (Å²) in [5, 5.41) is 0. The lowest BCUT2D eigenvalue weighted by molar-refractivity contribution is 0.0734. The van der Waals surface area contributed by atoms with Crippen LogP contribution in [0.1, 0.15) is 52.4 Å². The average molecular weight is 166 g/mol. The Morgan fingerprint density at radius 1 is 0.833 bits per heavy atom. The van der Waals surface area contributed by atoms with E-state index in [-0.39, 0.29) is 0 Å². The highest BCUT2D eigenvalue weighted by Crippen LogP contribution is 2.45. The number of hydrogen-bond donors (Lipinski definition) is 0. The van der Waals surface area contributed by atoms with E-state index < -0.39 is 0 Å². The molecule has 0 N–H and O–H groups in total. The van der Waals surface area contributed by atoms with Crippen LogP contribution >= 0.6 is 0 Å². The maximum atomic E-state index is 2.49. The summed E-state index contributed by atoms with van der Waals surface area (Å²) in [7, 11) is 0. The van der Waals surface area contributed by atoms with Gasteiger partial charge in [0.05, 0.1) is 0 Å². The topological polar surface area (TPSA) is 0 Å². The molecule has 70 valence electrons. The first kappa shape index (κ1) is 8.59. The van der Waals surface area contributed by atoms with E-state index in [2.05, 4.69) is 13.8 Å². The van der Waals surface area contributed by atoms with Gasteiger partial charge in [-0.15, -0.1) is 0 Å². The third kappa shape index (κ3) is 1.41. The molecule has 4 atom stereocenters. The zero-order chi connectivity index (χ0) is 8.55. The monoisotopic (exact) mass is 166 g/mol. The van der Waals surface area contributed by atoms with E-state index in [9.17, 15) is 0 Å². The quantitative estimate of drug-likeness (QED) is 0.512. The summed E-state index contributed by atoms with van der Waals surface area (Å²) >= 11 is 0. The molecule has 2 fully saturated rings. The Morgan fingerprint density at radius 2 is 1.58 bits per heavy atom. The van der Waals surface area contributed by atoms with Crippen molar-refractivity contribution in [2.24, 2.45) is 23.7 Å². The first-order valence-electron chi connectivity index (χ1n) is 5.79. The first-order chi connectivity index (χ1) is 5.79. The van der Waals surface area contributed by atoms with Crippen molar-refractivity contribution in [2.75, 3.05) is 0 Å². The number of fused-ring (bicyclic) bond motifs is 1. The van der Waals surface area contributed by atoms with Gasteiger partial charge < -0.3 is 0 Å². The minimum Gasteiger partial charge on any atom is -0.0622 e. The maximum absolute atomic E-state index is 2.49. The standard InChI is InChI=1S/C12H22/c1-9-7-8-11-5-3-4-6-12(11)10(9)2/h9-12H,3-8H2,1-2H3/t9-,10+,11+,12?/m0/s1. The largest absolute Gasteiger partial charge is 0.0622 e. The summed E-state index contributed by atoms with van der Waals surface area (Å²) in [4.78, 5) is 0. The SMILES string of the molecule is C[C@H]1CC[C@H]2CCCCC2[C@@H]1C. The second-order valence-corrected chi connectivity index (χ2v) is 5.12. The Bertz CT molecular complexity index is 148. The van der Waals surface area contributed by atoms with E-state index in [1.165, 1.54) is 32.1 Å². The van der Waals surface area contributed by atoms with Gasteiger partial charge in [-0.2, -0.15) is 0 Å². The lowest BCUT2D eigenvalue weighted by atomic mass is 9.63. The van der Waals surface area contributed by atoms with Gasteiger partial charge in [0.1, 0.15) is 0 Å². The second-order valence-electron chi connectivity index (χ2n) is 5.12. The summed E-state index contributed by atoms with van der Waals surface area (Å²) in [6.45, 7) is 4.95. The van der Waals surface area contributed by atoms with E-state index in [4.69, 9.17) is 0 Å². The molecule has 2 aliphatic rings. The van der Waals surface area contributed by atoms with Crippen molar-refractivity contribution in [1.29, 1.82) is 0 Å². The number of hydrogen-bond acceptors (Lipinski definition) is 0. The molecule has 0 amide bonds. The lowest BCUT2D eigenvalue weighted by Gasteiger charge is -2.43. The van der Waals surface area contributed by atoms with E-state index in [0.717, 1.165) is 23.7 Å². The van der Waals surface area contributed by atoms with E-state index in [0.29, 0.717) is 0 Å². The van der Waals surface area contributed by atoms with Crippen LogP contribution in [0, 0.1) is 23.7 Å². The molecule has 0 nitrogen and oxygen atoms in total. The molecule has 0 aromatic heterocycles. The van der Waals surface area contributed by atoms with Crippen LogP contribution in [0.4, 0.5) is 0 Å². The molecule has 0 aromatic rings. The molecule has 0 heteroatoms. The maximum Gasteiger partial charge on any atom is -0.0358 e. The average Bonchev–Trinajstić information content (AvgIpc) is 2.12. The van der Waals surface area contributed by atoms with Crippen LogP contribution in [0.5, 0.6) is 0 Å². The van der Waals surface area contributed by atoms with Crippen LogP contribution < -0.4 is 0 Å². The minimum absolute atomic E-state index is 1.00. The van der Waals surface area contributed by atoms with Crippen molar-refractivity contribution in [1.82, 2.24) is 0 Å². The smallest absolute Gasteiger partial charge is 0.0358 e. The van der Waals surface area contributed by atoms with Gasteiger partial charge in [0.15, 0.2) is 0 Å². The summed E-state index contributed by atoms with van der Waals surface area (Å²) in [6, 6.07) is 0. The van der Waals surface area contributed by atoms with Gasteiger partial charge in [-0.3, -0.25) is 0 Å². The Hall–Kier alpha value is 0. The zero-order valence-electron chi connectivity index (χ0n) is 8.55. The van der Waals surface area contributed by atoms with Crippen molar-refractivity contribution in [3.05, 3.63) is 0 Å². The highest BCUT2D eigenvalue weighted by Gasteiger charge is 2.35. The van der Waals surface area contributed by atoms with Gasteiger partial charge in [0, 0.05) is 0 Å². The first-order valence-corrected chi connectivity index (χ1v) is 5.79. The molecule has 0 heterocycles. The molecular formula is C12H22. The van der Waals surface area contributed by atoms with Gasteiger partial charge >= 0.3 is 0 Å². The highest BCUT2D eigenvalue weighted by molar-refractivity contribution is 4.85. The van der Waals surface area contributed by atoms with Gasteiger partial charge in [-0.1, -0.05) is 39.5 Å². The lowest BCUT2D eigenvalue weighted by Crippen LogP contribution is -2.33. The molecule has 1 unspecified atom stereocenters. The van der Waals surface area contributed by atoms with Gasteiger partial charge in [-0.05, 0) is 36.5 Å². The van der Waals surface area contributed by atoms with Crippen molar-refractivity contribution < 1.29 is 0 Å². The van der Waals surface area contributed by atoms with E-state index >= 15 is 0 Å². The summed E-state index contributed by atoms with van der Waals surface area (Å²) in [5.41, 5.74) is 0. The Balaban J connectivity index is 2.03. The van der Waals surface area contributed by atoms with Crippen LogP contribution in [-0.2, 0) is 0 Å². The van der Waals surface area contributed by atoms with Crippen molar-refractivity contribution >= 4 is 0 Å². The predicted molar refractivity (Wildman–Crippen MR) is 53.0 cm³/mol. The summed E-state index contributed by atoms with van der Waals surface area (Å²) in [5.74, 6) is 4.24. The zero-order valence-corrected chi connectivity index (χ0v) is 8.55. The number of rotatable bonds is 0. The van der Waals surface area contributed by atoms with Crippen LogP contribution in [0.15, 0.2) is 0 Å². The molecule has 2 rings (SSSR count).